The molecule has 6 nitrogen and oxygen atoms in total. The Hall–Kier alpha value is -3.15. The SMILES string of the molecule is O=C(Cc1noc2ccccc12)NCc1cccc(CN2CCCC2=O)c1. The third-order valence-corrected chi connectivity index (χ3v) is 4.81. The molecule has 1 aliphatic heterocycles. The van der Waals surface area contributed by atoms with Gasteiger partial charge < -0.3 is 14.7 Å². The van der Waals surface area contributed by atoms with Crippen molar-refractivity contribution in [3.05, 3.63) is 65.4 Å². The number of carbonyl (C=O) groups excluding carboxylic acids is 2. The van der Waals surface area contributed by atoms with E-state index in [1.807, 2.05) is 53.4 Å². The number of amides is 2. The van der Waals surface area contributed by atoms with Gasteiger partial charge in [-0.2, -0.15) is 0 Å². The lowest BCUT2D eigenvalue weighted by Crippen LogP contribution is -2.25. The van der Waals surface area contributed by atoms with Crippen molar-refractivity contribution < 1.29 is 14.1 Å². The van der Waals surface area contributed by atoms with Crippen molar-refractivity contribution in [1.82, 2.24) is 15.4 Å². The van der Waals surface area contributed by atoms with Gasteiger partial charge in [-0.05, 0) is 29.7 Å². The molecule has 1 N–H and O–H groups in total. The van der Waals surface area contributed by atoms with Gasteiger partial charge in [-0.15, -0.1) is 0 Å². The third-order valence-electron chi connectivity index (χ3n) is 4.81. The number of fused-ring (bicyclic) bond motifs is 1. The monoisotopic (exact) mass is 363 g/mol. The molecule has 2 amide bonds. The van der Waals surface area contributed by atoms with Crippen LogP contribution < -0.4 is 5.32 Å². The maximum Gasteiger partial charge on any atom is 0.226 e. The first-order chi connectivity index (χ1) is 13.2. The van der Waals surface area contributed by atoms with Crippen molar-refractivity contribution in [3.63, 3.8) is 0 Å². The quantitative estimate of drug-likeness (QED) is 0.731. The van der Waals surface area contributed by atoms with E-state index in [0.717, 1.165) is 29.5 Å². The number of aromatic nitrogens is 1. The summed E-state index contributed by atoms with van der Waals surface area (Å²) in [5.41, 5.74) is 3.42. The van der Waals surface area contributed by atoms with Crippen molar-refractivity contribution in [2.24, 2.45) is 0 Å². The zero-order valence-electron chi connectivity index (χ0n) is 15.0. The Morgan fingerprint density at radius 3 is 2.85 bits per heavy atom. The van der Waals surface area contributed by atoms with Crippen LogP contribution in [0.2, 0.25) is 0 Å². The number of likely N-dealkylation sites (tertiary alicyclic amines) is 1. The Kier molecular flexibility index (Phi) is 4.87. The molecular weight excluding hydrogens is 342 g/mol. The molecular formula is C21H21N3O3. The second-order valence-electron chi connectivity index (χ2n) is 6.82. The predicted molar refractivity (Wildman–Crippen MR) is 101 cm³/mol. The van der Waals surface area contributed by atoms with Gasteiger partial charge in [0.2, 0.25) is 11.8 Å². The molecule has 0 radical (unpaired) electrons. The molecule has 1 aliphatic rings. The molecule has 1 fully saturated rings. The number of carbonyl (C=O) groups is 2. The molecule has 2 aromatic carbocycles. The first-order valence-corrected chi connectivity index (χ1v) is 9.14. The number of benzene rings is 2. The van der Waals surface area contributed by atoms with Crippen LogP contribution in [-0.2, 0) is 29.1 Å². The normalized spacial score (nSPS) is 14.1. The molecule has 3 aromatic rings. The van der Waals surface area contributed by atoms with Crippen LogP contribution >= 0.6 is 0 Å². The van der Waals surface area contributed by atoms with Crippen LogP contribution in [0.4, 0.5) is 0 Å². The molecule has 138 valence electrons. The Bertz CT molecular complexity index is 979. The lowest BCUT2D eigenvalue weighted by molar-refractivity contribution is -0.128. The van der Waals surface area contributed by atoms with E-state index < -0.39 is 0 Å². The van der Waals surface area contributed by atoms with Crippen molar-refractivity contribution >= 4 is 22.8 Å². The lowest BCUT2D eigenvalue weighted by Gasteiger charge is -2.16. The summed E-state index contributed by atoms with van der Waals surface area (Å²) in [5.74, 6) is 0.114. The Morgan fingerprint density at radius 1 is 1.15 bits per heavy atom. The Morgan fingerprint density at radius 2 is 2.00 bits per heavy atom. The van der Waals surface area contributed by atoms with E-state index in [-0.39, 0.29) is 18.2 Å². The van der Waals surface area contributed by atoms with Gasteiger partial charge in [0.05, 0.1) is 6.42 Å². The van der Waals surface area contributed by atoms with E-state index >= 15 is 0 Å². The minimum absolute atomic E-state index is 0.103. The Labute approximate surface area is 157 Å². The molecule has 0 spiro atoms. The number of nitrogens with one attached hydrogen (secondary N) is 1. The summed E-state index contributed by atoms with van der Waals surface area (Å²) in [6.07, 6.45) is 1.76. The topological polar surface area (TPSA) is 75.4 Å². The fraction of sp³-hybridized carbons (Fsp3) is 0.286. The average Bonchev–Trinajstić information content (AvgIpc) is 3.27. The highest BCUT2D eigenvalue weighted by molar-refractivity contribution is 5.86. The van der Waals surface area contributed by atoms with E-state index in [1.54, 1.807) is 0 Å². The zero-order valence-corrected chi connectivity index (χ0v) is 15.0. The van der Waals surface area contributed by atoms with E-state index in [9.17, 15) is 9.59 Å². The average molecular weight is 363 g/mol. The van der Waals surface area contributed by atoms with E-state index in [0.29, 0.717) is 30.8 Å². The van der Waals surface area contributed by atoms with Crippen LogP contribution in [0.25, 0.3) is 11.0 Å². The summed E-state index contributed by atoms with van der Waals surface area (Å²) < 4.78 is 5.24. The van der Waals surface area contributed by atoms with Gasteiger partial charge in [0, 0.05) is 31.4 Å². The van der Waals surface area contributed by atoms with Crippen molar-refractivity contribution in [2.75, 3.05) is 6.54 Å². The molecule has 0 aliphatic carbocycles. The van der Waals surface area contributed by atoms with Gasteiger partial charge in [-0.25, -0.2) is 0 Å². The highest BCUT2D eigenvalue weighted by Crippen LogP contribution is 2.18. The van der Waals surface area contributed by atoms with Gasteiger partial charge in [0.1, 0.15) is 5.69 Å². The highest BCUT2D eigenvalue weighted by Gasteiger charge is 2.20. The lowest BCUT2D eigenvalue weighted by atomic mass is 10.1. The highest BCUT2D eigenvalue weighted by atomic mass is 16.5. The number of hydrogen-bond donors (Lipinski definition) is 1. The van der Waals surface area contributed by atoms with E-state index in [2.05, 4.69) is 10.5 Å². The van der Waals surface area contributed by atoms with Crippen LogP contribution in [-0.4, -0.2) is 28.4 Å². The standard InChI is InChI=1S/C21H21N3O3/c25-20(12-18-17-7-1-2-8-19(17)27-23-18)22-13-15-5-3-6-16(11-15)14-24-10-4-9-21(24)26/h1-3,5-8,11H,4,9-10,12-14H2,(H,22,25). The molecule has 27 heavy (non-hydrogen) atoms. The second-order valence-corrected chi connectivity index (χ2v) is 6.82. The predicted octanol–water partition coefficient (Wildman–Crippen LogP) is 2.81. The largest absolute Gasteiger partial charge is 0.356 e. The summed E-state index contributed by atoms with van der Waals surface area (Å²) >= 11 is 0. The first-order valence-electron chi connectivity index (χ1n) is 9.14. The van der Waals surface area contributed by atoms with Crippen LogP contribution in [0.3, 0.4) is 0 Å². The van der Waals surface area contributed by atoms with Crippen LogP contribution in [0.5, 0.6) is 0 Å². The van der Waals surface area contributed by atoms with Gasteiger partial charge in [-0.1, -0.05) is 41.6 Å². The van der Waals surface area contributed by atoms with Gasteiger partial charge >= 0.3 is 0 Å². The molecule has 4 rings (SSSR count). The molecule has 0 atom stereocenters. The second kappa shape index (κ2) is 7.61. The van der Waals surface area contributed by atoms with Crippen LogP contribution in [0.15, 0.2) is 53.1 Å². The molecule has 0 unspecified atom stereocenters. The van der Waals surface area contributed by atoms with Crippen molar-refractivity contribution in [3.8, 4) is 0 Å². The summed E-state index contributed by atoms with van der Waals surface area (Å²) in [7, 11) is 0. The Balaban J connectivity index is 1.35. The fourth-order valence-corrected chi connectivity index (χ4v) is 3.41. The summed E-state index contributed by atoms with van der Waals surface area (Å²) in [4.78, 5) is 25.9. The summed E-state index contributed by atoms with van der Waals surface area (Å²) in [5, 5.41) is 7.79. The third kappa shape index (κ3) is 4.00. The first kappa shape index (κ1) is 17.3. The molecule has 6 heteroatoms. The molecule has 0 bridgehead atoms. The number of hydrogen-bond acceptors (Lipinski definition) is 4. The molecule has 1 aromatic heterocycles. The maximum atomic E-state index is 12.3. The van der Waals surface area contributed by atoms with Crippen LogP contribution in [0, 0.1) is 0 Å². The molecule has 0 saturated carbocycles. The summed E-state index contributed by atoms with van der Waals surface area (Å²) in [6, 6.07) is 15.5. The maximum absolute atomic E-state index is 12.3. The minimum atomic E-state index is -0.103. The number of nitrogens with zero attached hydrogens (tertiary/aromatic N) is 2. The van der Waals surface area contributed by atoms with Crippen LogP contribution in [0.1, 0.15) is 29.7 Å². The fourth-order valence-electron chi connectivity index (χ4n) is 3.41. The van der Waals surface area contributed by atoms with Gasteiger partial charge in [-0.3, -0.25) is 9.59 Å². The van der Waals surface area contributed by atoms with Gasteiger partial charge in [0.15, 0.2) is 5.58 Å². The minimum Gasteiger partial charge on any atom is -0.356 e. The van der Waals surface area contributed by atoms with Crippen molar-refractivity contribution in [1.29, 1.82) is 0 Å². The molecule has 1 saturated heterocycles. The smallest absolute Gasteiger partial charge is 0.226 e. The van der Waals surface area contributed by atoms with Crippen molar-refractivity contribution in [2.45, 2.75) is 32.4 Å². The number of para-hydroxylation sites is 1. The number of rotatable bonds is 6. The zero-order chi connectivity index (χ0) is 18.6. The molecule has 2 heterocycles. The van der Waals surface area contributed by atoms with E-state index in [1.165, 1.54) is 0 Å². The summed E-state index contributed by atoms with van der Waals surface area (Å²) in [6.45, 7) is 1.90. The van der Waals surface area contributed by atoms with E-state index in [4.69, 9.17) is 4.52 Å². The van der Waals surface area contributed by atoms with Gasteiger partial charge in [0.25, 0.3) is 0 Å².